The summed E-state index contributed by atoms with van der Waals surface area (Å²) in [7, 11) is 0. The van der Waals surface area contributed by atoms with Gasteiger partial charge in [-0.1, -0.05) is 42.2 Å². The summed E-state index contributed by atoms with van der Waals surface area (Å²) in [6.45, 7) is 1.53. The van der Waals surface area contributed by atoms with E-state index in [0.29, 0.717) is 22.5 Å². The molecule has 10 nitrogen and oxygen atoms in total. The van der Waals surface area contributed by atoms with Gasteiger partial charge < -0.3 is 15.2 Å². The van der Waals surface area contributed by atoms with E-state index in [1.54, 1.807) is 43.3 Å². The molecule has 2 aliphatic heterocycles. The van der Waals surface area contributed by atoms with Gasteiger partial charge in [-0.3, -0.25) is 29.0 Å². The summed E-state index contributed by atoms with van der Waals surface area (Å²) in [5.41, 5.74) is 1.84. The van der Waals surface area contributed by atoms with Gasteiger partial charge >= 0.3 is 11.9 Å². The molecular weight excluding hydrogens is 518 g/mol. The number of anilines is 2. The number of carboxylic acid groups (broad SMARTS) is 1. The number of thiocarbonyl (C=S) groups is 1. The van der Waals surface area contributed by atoms with E-state index in [1.165, 1.54) is 21.9 Å². The van der Waals surface area contributed by atoms with Crippen LogP contribution in [0.15, 0.2) is 53.4 Å². The first kappa shape index (κ1) is 26.0. The molecule has 12 heteroatoms. The van der Waals surface area contributed by atoms with Crippen LogP contribution >= 0.6 is 24.0 Å². The molecule has 1 fully saturated rings. The van der Waals surface area contributed by atoms with Gasteiger partial charge in [0.15, 0.2) is 0 Å². The number of carboxylic acids is 1. The number of hydrogen-bond acceptors (Lipinski definition) is 8. The Morgan fingerprint density at radius 2 is 1.73 bits per heavy atom. The highest BCUT2D eigenvalue weighted by Gasteiger charge is 2.42. The molecule has 0 radical (unpaired) electrons. The van der Waals surface area contributed by atoms with Gasteiger partial charge in [0.05, 0.1) is 34.8 Å². The van der Waals surface area contributed by atoms with Crippen LogP contribution in [-0.2, 0) is 23.9 Å². The summed E-state index contributed by atoms with van der Waals surface area (Å²) in [6.07, 6.45) is -0.285. The maximum absolute atomic E-state index is 13.5. The molecule has 0 aromatic heterocycles. The van der Waals surface area contributed by atoms with Gasteiger partial charge in [-0.15, -0.1) is 0 Å². The van der Waals surface area contributed by atoms with Crippen molar-refractivity contribution in [1.82, 2.24) is 4.90 Å². The van der Waals surface area contributed by atoms with Crippen LogP contribution in [-0.4, -0.2) is 63.7 Å². The van der Waals surface area contributed by atoms with Gasteiger partial charge in [-0.05, 0) is 37.3 Å². The Kier molecular flexibility index (Phi) is 7.69. The second-order valence-electron chi connectivity index (χ2n) is 7.93. The van der Waals surface area contributed by atoms with Crippen molar-refractivity contribution in [3.63, 3.8) is 0 Å². The predicted octanol–water partition coefficient (Wildman–Crippen LogP) is 2.89. The molecule has 0 spiro atoms. The average molecular weight is 540 g/mol. The molecule has 190 valence electrons. The number of amides is 3. The minimum atomic E-state index is -1.07. The smallest absolute Gasteiger partial charge is 0.338 e. The lowest BCUT2D eigenvalue weighted by molar-refractivity contribution is -0.137. The van der Waals surface area contributed by atoms with Gasteiger partial charge in [0.2, 0.25) is 5.91 Å². The monoisotopic (exact) mass is 539 g/mol. The SMILES string of the molecule is CCOC(=O)c1ccc(NC(=O)CN2C(=O)/C(=C3/SC(=S)N(CCC(=O)O)C3=O)c3ccccc32)cc1. The molecule has 4 rings (SSSR count). The van der Waals surface area contributed by atoms with Crippen LogP contribution in [0.3, 0.4) is 0 Å². The van der Waals surface area contributed by atoms with Crippen molar-refractivity contribution in [3.05, 3.63) is 64.6 Å². The van der Waals surface area contributed by atoms with Crippen LogP contribution in [0.5, 0.6) is 0 Å². The highest BCUT2D eigenvalue weighted by atomic mass is 32.2. The van der Waals surface area contributed by atoms with Crippen LogP contribution < -0.4 is 10.2 Å². The molecule has 2 heterocycles. The Balaban J connectivity index is 1.54. The molecule has 0 aliphatic carbocycles. The fourth-order valence-electron chi connectivity index (χ4n) is 3.85. The van der Waals surface area contributed by atoms with Crippen molar-refractivity contribution in [1.29, 1.82) is 0 Å². The van der Waals surface area contributed by atoms with Gasteiger partial charge in [-0.2, -0.15) is 0 Å². The maximum Gasteiger partial charge on any atom is 0.338 e. The first-order valence-electron chi connectivity index (χ1n) is 11.2. The number of esters is 1. The number of hydrogen-bond donors (Lipinski definition) is 2. The Labute approximate surface area is 221 Å². The Hall–Kier alpha value is -4.03. The fraction of sp³-hybridized carbons (Fsp3) is 0.200. The molecule has 0 unspecified atom stereocenters. The van der Waals surface area contributed by atoms with E-state index in [9.17, 15) is 24.0 Å². The number of carbonyl (C=O) groups is 5. The summed E-state index contributed by atoms with van der Waals surface area (Å²) in [5, 5.41) is 11.7. The number of para-hydroxylation sites is 1. The third kappa shape index (κ3) is 5.39. The number of nitrogens with one attached hydrogen (secondary N) is 1. The van der Waals surface area contributed by atoms with E-state index >= 15 is 0 Å². The Morgan fingerprint density at radius 1 is 1.03 bits per heavy atom. The standard InChI is InChI=1S/C25H21N3O7S2/c1-2-35-24(34)14-7-9-15(10-8-14)26-18(29)13-28-17-6-4-3-5-16(17)20(22(28)32)21-23(33)27(25(36)37-21)12-11-19(30)31/h3-10H,2,11-13H2,1H3,(H,26,29)(H,30,31)/b21-20+. The number of thioether (sulfide) groups is 1. The lowest BCUT2D eigenvalue weighted by Gasteiger charge is -2.17. The van der Waals surface area contributed by atoms with Crippen molar-refractivity contribution < 1.29 is 33.8 Å². The van der Waals surface area contributed by atoms with Gasteiger partial charge in [-0.25, -0.2) is 4.79 Å². The summed E-state index contributed by atoms with van der Waals surface area (Å²) in [6, 6.07) is 12.9. The van der Waals surface area contributed by atoms with Gasteiger partial charge in [0.1, 0.15) is 10.9 Å². The van der Waals surface area contributed by atoms with E-state index in [4.69, 9.17) is 22.1 Å². The van der Waals surface area contributed by atoms with E-state index in [1.807, 2.05) is 0 Å². The van der Waals surface area contributed by atoms with Crippen molar-refractivity contribution in [3.8, 4) is 0 Å². The molecular formula is C25H21N3O7S2. The van der Waals surface area contributed by atoms with Crippen molar-refractivity contribution in [2.75, 3.05) is 29.9 Å². The Morgan fingerprint density at radius 3 is 2.41 bits per heavy atom. The largest absolute Gasteiger partial charge is 0.481 e. The Bertz CT molecular complexity index is 1350. The minimum absolute atomic E-state index is 0.102. The van der Waals surface area contributed by atoms with Crippen LogP contribution in [0.25, 0.3) is 5.57 Å². The summed E-state index contributed by atoms with van der Waals surface area (Å²) in [5.74, 6) is -3.10. The highest BCUT2D eigenvalue weighted by molar-refractivity contribution is 8.26. The zero-order chi connectivity index (χ0) is 26.7. The number of fused-ring (bicyclic) bond motifs is 1. The second-order valence-corrected chi connectivity index (χ2v) is 9.57. The van der Waals surface area contributed by atoms with Crippen LogP contribution in [0.2, 0.25) is 0 Å². The van der Waals surface area contributed by atoms with E-state index in [0.717, 1.165) is 11.8 Å². The van der Waals surface area contributed by atoms with Gasteiger partial charge in [0.25, 0.3) is 11.8 Å². The average Bonchev–Trinajstić information content (AvgIpc) is 3.29. The molecule has 37 heavy (non-hydrogen) atoms. The predicted molar refractivity (Wildman–Crippen MR) is 141 cm³/mol. The summed E-state index contributed by atoms with van der Waals surface area (Å²) < 4.78 is 5.11. The summed E-state index contributed by atoms with van der Waals surface area (Å²) in [4.78, 5) is 64.6. The molecule has 1 saturated heterocycles. The molecule has 2 N–H and O–H groups in total. The number of carbonyl (C=O) groups excluding carboxylic acids is 4. The quantitative estimate of drug-likeness (QED) is 0.295. The molecule has 2 aliphatic rings. The molecule has 0 atom stereocenters. The van der Waals surface area contributed by atoms with Crippen LogP contribution in [0.4, 0.5) is 11.4 Å². The zero-order valence-electron chi connectivity index (χ0n) is 19.6. The molecule has 0 bridgehead atoms. The number of benzene rings is 2. The normalized spacial score (nSPS) is 16.7. The van der Waals surface area contributed by atoms with Crippen LogP contribution in [0, 0.1) is 0 Å². The topological polar surface area (TPSA) is 133 Å². The van der Waals surface area contributed by atoms with E-state index < -0.39 is 29.7 Å². The molecule has 2 aromatic carbocycles. The lowest BCUT2D eigenvalue weighted by atomic mass is 10.1. The van der Waals surface area contributed by atoms with E-state index in [2.05, 4.69) is 5.32 Å². The first-order chi connectivity index (χ1) is 17.7. The van der Waals surface area contributed by atoms with Crippen LogP contribution in [0.1, 0.15) is 29.3 Å². The van der Waals surface area contributed by atoms with Crippen molar-refractivity contribution in [2.45, 2.75) is 13.3 Å². The second kappa shape index (κ2) is 10.9. The molecule has 2 aromatic rings. The fourth-order valence-corrected chi connectivity index (χ4v) is 5.23. The number of nitrogens with zero attached hydrogens (tertiary/aromatic N) is 2. The third-order valence-electron chi connectivity index (χ3n) is 5.53. The highest BCUT2D eigenvalue weighted by Crippen LogP contribution is 2.44. The first-order valence-corrected chi connectivity index (χ1v) is 12.4. The zero-order valence-corrected chi connectivity index (χ0v) is 21.2. The molecule has 3 amide bonds. The van der Waals surface area contributed by atoms with E-state index in [-0.39, 0.29) is 40.9 Å². The number of rotatable bonds is 8. The van der Waals surface area contributed by atoms with Crippen molar-refractivity contribution >= 4 is 74.9 Å². The lowest BCUT2D eigenvalue weighted by Crippen LogP contribution is -2.35. The maximum atomic E-state index is 13.5. The summed E-state index contributed by atoms with van der Waals surface area (Å²) >= 11 is 6.19. The third-order valence-corrected chi connectivity index (χ3v) is 6.98. The van der Waals surface area contributed by atoms with Crippen molar-refractivity contribution in [2.24, 2.45) is 0 Å². The number of aliphatic carboxylic acids is 1. The minimum Gasteiger partial charge on any atom is -0.481 e. The molecule has 0 saturated carbocycles. The van der Waals surface area contributed by atoms with Gasteiger partial charge in [0, 0.05) is 17.8 Å². The number of ether oxygens (including phenoxy) is 1.